The van der Waals surface area contributed by atoms with Crippen molar-refractivity contribution in [1.82, 2.24) is 9.80 Å². The molecule has 30 heavy (non-hydrogen) atoms. The Bertz CT molecular complexity index is 770. The highest BCUT2D eigenvalue weighted by Crippen LogP contribution is 2.16. The van der Waals surface area contributed by atoms with Gasteiger partial charge in [-0.3, -0.25) is 0 Å². The SMILES string of the molecule is CN(C)CC/C(=N/N=C(\CCN(C)C)c1cccc(O)c1)c1cccc(O)c1.Cl.Cl. The molecule has 0 fully saturated rings. The highest BCUT2D eigenvalue weighted by molar-refractivity contribution is 6.04. The van der Waals surface area contributed by atoms with Gasteiger partial charge in [0.1, 0.15) is 11.5 Å². The number of phenolic OH excluding ortho intramolecular Hbond substituents is 2. The molecule has 0 radical (unpaired) electrons. The zero-order valence-corrected chi connectivity index (χ0v) is 19.6. The average Bonchev–Trinajstić information content (AvgIpc) is 2.63. The van der Waals surface area contributed by atoms with Crippen molar-refractivity contribution < 1.29 is 10.2 Å². The summed E-state index contributed by atoms with van der Waals surface area (Å²) in [6.45, 7) is 1.65. The number of aromatic hydroxyl groups is 2. The van der Waals surface area contributed by atoms with Crippen molar-refractivity contribution >= 4 is 36.2 Å². The third kappa shape index (κ3) is 9.59. The van der Waals surface area contributed by atoms with Crippen molar-refractivity contribution in [3.63, 3.8) is 0 Å². The van der Waals surface area contributed by atoms with E-state index in [2.05, 4.69) is 20.0 Å². The molecule has 0 aliphatic heterocycles. The molecule has 0 aliphatic rings. The van der Waals surface area contributed by atoms with E-state index in [-0.39, 0.29) is 36.3 Å². The molecular weight excluding hydrogens is 423 g/mol. The van der Waals surface area contributed by atoms with Crippen LogP contribution >= 0.6 is 24.8 Å². The summed E-state index contributed by atoms with van der Waals surface area (Å²) < 4.78 is 0. The maximum atomic E-state index is 9.84. The maximum absolute atomic E-state index is 9.84. The van der Waals surface area contributed by atoms with E-state index < -0.39 is 0 Å². The molecule has 8 heteroatoms. The van der Waals surface area contributed by atoms with Gasteiger partial charge < -0.3 is 20.0 Å². The van der Waals surface area contributed by atoms with Crippen molar-refractivity contribution in [2.45, 2.75) is 12.8 Å². The summed E-state index contributed by atoms with van der Waals surface area (Å²) in [4.78, 5) is 4.18. The molecule has 0 unspecified atom stereocenters. The van der Waals surface area contributed by atoms with E-state index >= 15 is 0 Å². The standard InChI is InChI=1S/C22H30N4O2.2ClH/c1-25(2)13-11-21(17-7-5-9-19(27)15-17)23-24-22(12-14-26(3)4)18-8-6-10-20(28)16-18;;/h5-10,15-16,27-28H,11-14H2,1-4H3;2*1H/b23-21-,24-22+;;. The van der Waals surface area contributed by atoms with E-state index in [1.807, 2.05) is 52.5 Å². The first-order valence-corrected chi connectivity index (χ1v) is 9.37. The molecule has 166 valence electrons. The number of benzene rings is 2. The van der Waals surface area contributed by atoms with Gasteiger partial charge in [-0.25, -0.2) is 0 Å². The van der Waals surface area contributed by atoms with Crippen LogP contribution in [0.4, 0.5) is 0 Å². The van der Waals surface area contributed by atoms with Crippen LogP contribution in [0.25, 0.3) is 0 Å². The first-order chi connectivity index (χ1) is 13.3. The molecule has 2 aromatic carbocycles. The van der Waals surface area contributed by atoms with Crippen LogP contribution in [0, 0.1) is 0 Å². The number of phenols is 2. The van der Waals surface area contributed by atoms with Gasteiger partial charge in [0.2, 0.25) is 0 Å². The summed E-state index contributed by atoms with van der Waals surface area (Å²) in [5, 5.41) is 28.8. The zero-order valence-electron chi connectivity index (χ0n) is 17.9. The van der Waals surface area contributed by atoms with Gasteiger partial charge in [0.25, 0.3) is 0 Å². The number of rotatable bonds is 9. The fourth-order valence-electron chi connectivity index (χ4n) is 2.65. The summed E-state index contributed by atoms with van der Waals surface area (Å²) in [6, 6.07) is 14.2. The summed E-state index contributed by atoms with van der Waals surface area (Å²) in [7, 11) is 8.05. The Kier molecular flexibility index (Phi) is 13.0. The number of halogens is 2. The molecule has 0 amide bonds. The quantitative estimate of drug-likeness (QED) is 0.442. The van der Waals surface area contributed by atoms with E-state index in [0.717, 1.165) is 35.6 Å². The molecule has 0 aromatic heterocycles. The van der Waals surface area contributed by atoms with Gasteiger partial charge in [-0.05, 0) is 52.5 Å². The molecule has 2 N–H and O–H groups in total. The van der Waals surface area contributed by atoms with Crippen LogP contribution in [0.5, 0.6) is 11.5 Å². The minimum atomic E-state index is 0. The summed E-state index contributed by atoms with van der Waals surface area (Å²) in [5.74, 6) is 0.416. The highest BCUT2D eigenvalue weighted by Gasteiger charge is 2.09. The first-order valence-electron chi connectivity index (χ1n) is 9.37. The molecule has 0 spiro atoms. The van der Waals surface area contributed by atoms with Gasteiger partial charge in [0, 0.05) is 37.1 Å². The molecule has 0 saturated carbocycles. The van der Waals surface area contributed by atoms with E-state index in [1.54, 1.807) is 24.3 Å². The molecule has 2 aromatic rings. The van der Waals surface area contributed by atoms with E-state index in [9.17, 15) is 10.2 Å². The summed E-state index contributed by atoms with van der Waals surface area (Å²) in [5.41, 5.74) is 3.33. The van der Waals surface area contributed by atoms with E-state index in [1.165, 1.54) is 0 Å². The van der Waals surface area contributed by atoms with Crippen LogP contribution in [0.1, 0.15) is 24.0 Å². The zero-order chi connectivity index (χ0) is 20.5. The summed E-state index contributed by atoms with van der Waals surface area (Å²) >= 11 is 0. The monoisotopic (exact) mass is 454 g/mol. The van der Waals surface area contributed by atoms with Gasteiger partial charge in [-0.2, -0.15) is 10.2 Å². The fourth-order valence-corrected chi connectivity index (χ4v) is 2.65. The Morgan fingerprint density at radius 3 is 1.37 bits per heavy atom. The van der Waals surface area contributed by atoms with Gasteiger partial charge in [-0.1, -0.05) is 24.3 Å². The van der Waals surface area contributed by atoms with Crippen molar-refractivity contribution in [1.29, 1.82) is 0 Å². The second-order valence-electron chi connectivity index (χ2n) is 7.30. The molecule has 6 nitrogen and oxygen atoms in total. The Balaban J connectivity index is 0.00000420. The molecule has 0 heterocycles. The van der Waals surface area contributed by atoms with Crippen LogP contribution < -0.4 is 0 Å². The lowest BCUT2D eigenvalue weighted by Crippen LogP contribution is -2.18. The second-order valence-corrected chi connectivity index (χ2v) is 7.30. The predicted molar refractivity (Wildman–Crippen MR) is 130 cm³/mol. The highest BCUT2D eigenvalue weighted by atomic mass is 35.5. The molecule has 0 bridgehead atoms. The Morgan fingerprint density at radius 1 is 0.700 bits per heavy atom. The van der Waals surface area contributed by atoms with Gasteiger partial charge in [0.05, 0.1) is 11.4 Å². The van der Waals surface area contributed by atoms with Gasteiger partial charge in [0.15, 0.2) is 0 Å². The number of hydrogen-bond donors (Lipinski definition) is 2. The van der Waals surface area contributed by atoms with Crippen molar-refractivity contribution in [3.8, 4) is 11.5 Å². The van der Waals surface area contributed by atoms with Crippen molar-refractivity contribution in [2.24, 2.45) is 10.2 Å². The third-order valence-corrected chi connectivity index (χ3v) is 4.24. The predicted octanol–water partition coefficient (Wildman–Crippen LogP) is 4.04. The summed E-state index contributed by atoms with van der Waals surface area (Å²) in [6.07, 6.45) is 1.42. The molecule has 0 atom stereocenters. The molecular formula is C22H32Cl2N4O2. The normalized spacial score (nSPS) is 11.9. The molecule has 0 saturated heterocycles. The largest absolute Gasteiger partial charge is 0.508 e. The average molecular weight is 455 g/mol. The fraction of sp³-hybridized carbons (Fsp3) is 0.364. The molecule has 0 aliphatic carbocycles. The third-order valence-electron chi connectivity index (χ3n) is 4.24. The Hall–Kier alpha value is -2.12. The van der Waals surface area contributed by atoms with E-state index in [4.69, 9.17) is 0 Å². The van der Waals surface area contributed by atoms with Crippen LogP contribution in [-0.2, 0) is 0 Å². The smallest absolute Gasteiger partial charge is 0.116 e. The van der Waals surface area contributed by atoms with Crippen molar-refractivity contribution in [2.75, 3.05) is 41.3 Å². The van der Waals surface area contributed by atoms with Gasteiger partial charge >= 0.3 is 0 Å². The van der Waals surface area contributed by atoms with Gasteiger partial charge in [-0.15, -0.1) is 24.8 Å². The minimum Gasteiger partial charge on any atom is -0.508 e. The lowest BCUT2D eigenvalue weighted by molar-refractivity contribution is 0.421. The van der Waals surface area contributed by atoms with Crippen LogP contribution in [-0.4, -0.2) is 72.7 Å². The maximum Gasteiger partial charge on any atom is 0.116 e. The first kappa shape index (κ1) is 27.9. The lowest BCUT2D eigenvalue weighted by Gasteiger charge is -2.13. The van der Waals surface area contributed by atoms with Crippen LogP contribution in [0.2, 0.25) is 0 Å². The molecule has 2 rings (SSSR count). The topological polar surface area (TPSA) is 71.7 Å². The lowest BCUT2D eigenvalue weighted by atomic mass is 10.1. The van der Waals surface area contributed by atoms with Crippen molar-refractivity contribution in [3.05, 3.63) is 59.7 Å². The number of hydrogen-bond acceptors (Lipinski definition) is 6. The second kappa shape index (κ2) is 14.0. The minimum absolute atomic E-state index is 0. The van der Waals surface area contributed by atoms with Crippen LogP contribution in [0.3, 0.4) is 0 Å². The number of nitrogens with zero attached hydrogens (tertiary/aromatic N) is 4. The van der Waals surface area contributed by atoms with Crippen LogP contribution in [0.15, 0.2) is 58.7 Å². The Labute approximate surface area is 191 Å². The Morgan fingerprint density at radius 2 is 1.07 bits per heavy atom. The van der Waals surface area contributed by atoms with E-state index in [0.29, 0.717) is 12.8 Å².